The Morgan fingerprint density at radius 2 is 2.35 bits per heavy atom. The summed E-state index contributed by atoms with van der Waals surface area (Å²) in [4.78, 5) is 4.08. The molecular formula is C11H10ClN5. The van der Waals surface area contributed by atoms with Gasteiger partial charge in [-0.1, -0.05) is 11.6 Å². The number of nitriles is 1. The topological polar surface area (TPSA) is 66.5 Å². The minimum atomic E-state index is 0.357. The molecule has 0 aliphatic carbocycles. The summed E-state index contributed by atoms with van der Waals surface area (Å²) in [6.45, 7) is 1.35. The Kier molecular flexibility index (Phi) is 3.58. The van der Waals surface area contributed by atoms with E-state index < -0.39 is 0 Å². The summed E-state index contributed by atoms with van der Waals surface area (Å²) in [7, 11) is 0. The largest absolute Gasteiger partial charge is 0.367 e. The average Bonchev–Trinajstić information content (AvgIpc) is 2.84. The molecule has 0 aliphatic heterocycles. The molecule has 2 aromatic heterocycles. The molecular weight excluding hydrogens is 238 g/mol. The monoisotopic (exact) mass is 247 g/mol. The number of aromatic nitrogens is 3. The van der Waals surface area contributed by atoms with Crippen LogP contribution in [-0.2, 0) is 6.54 Å². The number of halogens is 1. The molecule has 2 rings (SSSR count). The van der Waals surface area contributed by atoms with Crippen LogP contribution >= 0.6 is 11.6 Å². The Morgan fingerprint density at radius 1 is 1.47 bits per heavy atom. The lowest BCUT2D eigenvalue weighted by molar-refractivity contribution is 0.637. The number of rotatable bonds is 4. The SMILES string of the molecule is N#Cc1ccnc(NCCn2cccn2)c1Cl. The van der Waals surface area contributed by atoms with Crippen LogP contribution < -0.4 is 5.32 Å². The van der Waals surface area contributed by atoms with Gasteiger partial charge in [-0.15, -0.1) is 0 Å². The molecule has 0 bridgehead atoms. The maximum Gasteiger partial charge on any atom is 0.146 e. The van der Waals surface area contributed by atoms with Crippen molar-refractivity contribution in [1.29, 1.82) is 5.26 Å². The van der Waals surface area contributed by atoms with Gasteiger partial charge in [-0.25, -0.2) is 4.98 Å². The quantitative estimate of drug-likeness (QED) is 0.896. The van der Waals surface area contributed by atoms with Gasteiger partial charge in [-0.2, -0.15) is 10.4 Å². The van der Waals surface area contributed by atoms with E-state index in [2.05, 4.69) is 15.4 Å². The van der Waals surface area contributed by atoms with Gasteiger partial charge in [0, 0.05) is 25.1 Å². The van der Waals surface area contributed by atoms with Crippen LogP contribution in [0.4, 0.5) is 5.82 Å². The van der Waals surface area contributed by atoms with Crippen LogP contribution in [0.1, 0.15) is 5.56 Å². The van der Waals surface area contributed by atoms with E-state index in [1.54, 1.807) is 23.1 Å². The summed E-state index contributed by atoms with van der Waals surface area (Å²) in [6.07, 6.45) is 5.16. The van der Waals surface area contributed by atoms with Crippen molar-refractivity contribution in [3.63, 3.8) is 0 Å². The number of anilines is 1. The summed E-state index contributed by atoms with van der Waals surface area (Å²) in [6, 6.07) is 5.46. The molecule has 0 saturated heterocycles. The number of hydrogen-bond donors (Lipinski definition) is 1. The molecule has 1 N–H and O–H groups in total. The molecule has 0 atom stereocenters. The number of nitrogens with one attached hydrogen (secondary N) is 1. The fourth-order valence-electron chi connectivity index (χ4n) is 1.37. The van der Waals surface area contributed by atoms with Crippen LogP contribution in [-0.4, -0.2) is 21.3 Å². The number of nitrogens with zero attached hydrogens (tertiary/aromatic N) is 4. The molecule has 17 heavy (non-hydrogen) atoms. The Morgan fingerprint density at radius 3 is 3.06 bits per heavy atom. The highest BCUT2D eigenvalue weighted by atomic mass is 35.5. The molecule has 0 unspecified atom stereocenters. The second kappa shape index (κ2) is 5.32. The first-order valence-electron chi connectivity index (χ1n) is 5.07. The lowest BCUT2D eigenvalue weighted by atomic mass is 10.3. The maximum absolute atomic E-state index is 8.81. The fourth-order valence-corrected chi connectivity index (χ4v) is 1.60. The maximum atomic E-state index is 8.81. The van der Waals surface area contributed by atoms with Gasteiger partial charge in [-0.3, -0.25) is 4.68 Å². The van der Waals surface area contributed by atoms with Crippen molar-refractivity contribution >= 4 is 17.4 Å². The van der Waals surface area contributed by atoms with E-state index >= 15 is 0 Å². The highest BCUT2D eigenvalue weighted by molar-refractivity contribution is 6.34. The standard InChI is InChI=1S/C11H10ClN5/c12-10-9(8-13)2-4-14-11(10)15-5-7-17-6-1-3-16-17/h1-4,6H,5,7H2,(H,14,15). The molecule has 86 valence electrons. The molecule has 0 radical (unpaired) electrons. The Bertz CT molecular complexity index is 529. The third kappa shape index (κ3) is 2.74. The molecule has 0 aromatic carbocycles. The minimum absolute atomic E-state index is 0.357. The van der Waals surface area contributed by atoms with Crippen molar-refractivity contribution in [3.8, 4) is 6.07 Å². The van der Waals surface area contributed by atoms with E-state index in [-0.39, 0.29) is 0 Å². The van der Waals surface area contributed by atoms with Crippen LogP contribution in [0.25, 0.3) is 0 Å². The Labute approximate surface area is 104 Å². The van der Waals surface area contributed by atoms with Crippen LogP contribution in [0.15, 0.2) is 30.7 Å². The van der Waals surface area contributed by atoms with Crippen LogP contribution in [0, 0.1) is 11.3 Å². The van der Waals surface area contributed by atoms with Gasteiger partial charge in [0.15, 0.2) is 0 Å². The van der Waals surface area contributed by atoms with E-state index in [0.29, 0.717) is 29.5 Å². The van der Waals surface area contributed by atoms with Gasteiger partial charge in [-0.05, 0) is 12.1 Å². The first-order valence-corrected chi connectivity index (χ1v) is 5.45. The zero-order valence-corrected chi connectivity index (χ0v) is 9.72. The summed E-state index contributed by atoms with van der Waals surface area (Å²) in [5, 5.41) is 16.3. The van der Waals surface area contributed by atoms with Crippen LogP contribution in [0.3, 0.4) is 0 Å². The predicted octanol–water partition coefficient (Wildman–Crippen LogP) is 1.92. The zero-order valence-electron chi connectivity index (χ0n) is 8.97. The predicted molar refractivity (Wildman–Crippen MR) is 64.7 cm³/mol. The average molecular weight is 248 g/mol. The first kappa shape index (κ1) is 11.4. The summed E-state index contributed by atoms with van der Waals surface area (Å²) in [5.74, 6) is 0.526. The van der Waals surface area contributed by atoms with Gasteiger partial charge in [0.1, 0.15) is 16.9 Å². The van der Waals surface area contributed by atoms with E-state index in [1.165, 1.54) is 0 Å². The fraction of sp³-hybridized carbons (Fsp3) is 0.182. The van der Waals surface area contributed by atoms with E-state index in [1.807, 2.05) is 18.3 Å². The molecule has 0 aliphatic rings. The summed E-state index contributed by atoms with van der Waals surface area (Å²) < 4.78 is 1.80. The molecule has 0 amide bonds. The van der Waals surface area contributed by atoms with Crippen LogP contribution in [0.5, 0.6) is 0 Å². The van der Waals surface area contributed by atoms with Gasteiger partial charge in [0.2, 0.25) is 0 Å². The van der Waals surface area contributed by atoms with Gasteiger partial charge in [0.25, 0.3) is 0 Å². The first-order chi connectivity index (χ1) is 8.31. The lowest BCUT2D eigenvalue weighted by Gasteiger charge is -2.07. The molecule has 2 heterocycles. The Hall–Kier alpha value is -2.06. The third-order valence-electron chi connectivity index (χ3n) is 2.20. The summed E-state index contributed by atoms with van der Waals surface area (Å²) >= 11 is 6.00. The Balaban J connectivity index is 1.98. The second-order valence-electron chi connectivity index (χ2n) is 3.33. The smallest absolute Gasteiger partial charge is 0.146 e. The van der Waals surface area contributed by atoms with Gasteiger partial charge in [0.05, 0.1) is 12.1 Å². The van der Waals surface area contributed by atoms with E-state index in [4.69, 9.17) is 16.9 Å². The molecule has 2 aromatic rings. The second-order valence-corrected chi connectivity index (χ2v) is 3.71. The molecule has 6 heteroatoms. The molecule has 0 fully saturated rings. The van der Waals surface area contributed by atoms with E-state index in [0.717, 1.165) is 0 Å². The lowest BCUT2D eigenvalue weighted by Crippen LogP contribution is -2.12. The zero-order chi connectivity index (χ0) is 12.1. The normalized spacial score (nSPS) is 9.88. The third-order valence-corrected chi connectivity index (χ3v) is 2.58. The van der Waals surface area contributed by atoms with Crippen molar-refractivity contribution < 1.29 is 0 Å². The van der Waals surface area contributed by atoms with Crippen molar-refractivity contribution in [3.05, 3.63) is 41.3 Å². The van der Waals surface area contributed by atoms with Crippen molar-refractivity contribution in [2.75, 3.05) is 11.9 Å². The van der Waals surface area contributed by atoms with Crippen LogP contribution in [0.2, 0.25) is 5.02 Å². The minimum Gasteiger partial charge on any atom is -0.367 e. The molecule has 0 saturated carbocycles. The highest BCUT2D eigenvalue weighted by Crippen LogP contribution is 2.22. The van der Waals surface area contributed by atoms with Crippen molar-refractivity contribution in [1.82, 2.24) is 14.8 Å². The number of pyridine rings is 1. The van der Waals surface area contributed by atoms with E-state index in [9.17, 15) is 0 Å². The molecule has 5 nitrogen and oxygen atoms in total. The summed E-state index contributed by atoms with van der Waals surface area (Å²) in [5.41, 5.74) is 0.420. The highest BCUT2D eigenvalue weighted by Gasteiger charge is 2.06. The van der Waals surface area contributed by atoms with Crippen molar-refractivity contribution in [2.24, 2.45) is 0 Å². The van der Waals surface area contributed by atoms with Crippen molar-refractivity contribution in [2.45, 2.75) is 6.54 Å². The molecule has 0 spiro atoms. The van der Waals surface area contributed by atoms with Gasteiger partial charge < -0.3 is 5.32 Å². The van der Waals surface area contributed by atoms with Gasteiger partial charge >= 0.3 is 0 Å². The number of hydrogen-bond acceptors (Lipinski definition) is 4.